The summed E-state index contributed by atoms with van der Waals surface area (Å²) in [5.41, 5.74) is -1.42. The lowest BCUT2D eigenvalue weighted by Gasteiger charge is -2.24. The van der Waals surface area contributed by atoms with E-state index >= 15 is 0 Å². The Hall–Kier alpha value is -6.99. The number of H-pyrrole nitrogens is 3. The normalized spacial score (nSPS) is 30.0. The van der Waals surface area contributed by atoms with E-state index in [1.807, 2.05) is 54.9 Å². The van der Waals surface area contributed by atoms with E-state index in [4.69, 9.17) is 76.6 Å². The summed E-state index contributed by atoms with van der Waals surface area (Å²) in [5.74, 6) is 3.61. The highest BCUT2D eigenvalue weighted by Gasteiger charge is 2.48. The minimum absolute atomic E-state index is 0.0243. The summed E-state index contributed by atoms with van der Waals surface area (Å²) in [6, 6.07) is 12.8. The Balaban J connectivity index is 0.000000167. The van der Waals surface area contributed by atoms with Gasteiger partial charge in [0.2, 0.25) is 0 Å². The summed E-state index contributed by atoms with van der Waals surface area (Å²) in [6.45, 7) is 23.8. The van der Waals surface area contributed by atoms with Crippen molar-refractivity contribution in [3.8, 4) is 0 Å². The van der Waals surface area contributed by atoms with Gasteiger partial charge in [-0.15, -0.1) is 10.1 Å². The number of nitrogens with two attached hydrogens (primary N) is 1. The monoisotopic (exact) mass is 1600 g/mol. The highest BCUT2D eigenvalue weighted by atomic mass is 31.2. The van der Waals surface area contributed by atoms with Crippen molar-refractivity contribution in [2.24, 2.45) is 23.7 Å². The number of fused-ring (bicyclic) bond motifs is 2. The number of aromatic amines is 3. The summed E-state index contributed by atoms with van der Waals surface area (Å²) in [7, 11) is -7.58. The maximum atomic E-state index is 13.1. The van der Waals surface area contributed by atoms with E-state index in [1.165, 1.54) is 57.8 Å². The number of carbonyl (C=O) groups excluding carboxylic acids is 4. The van der Waals surface area contributed by atoms with Crippen LogP contribution < -0.4 is 39.6 Å². The van der Waals surface area contributed by atoms with Crippen LogP contribution in [0.15, 0.2) is 95.9 Å². The molecule has 0 saturated carbocycles. The number of nitrogens with one attached hydrogen (secondary N) is 3. The van der Waals surface area contributed by atoms with E-state index < -0.39 is 136 Å². The number of ether oxygens (including phenoxy) is 6. The molecule has 6 N–H and O–H groups in total. The molecule has 0 bridgehead atoms. The molecule has 8 aliphatic heterocycles. The first-order valence-electron chi connectivity index (χ1n) is 36.2. The zero-order chi connectivity index (χ0) is 80.0. The summed E-state index contributed by atoms with van der Waals surface area (Å²) in [5, 5.41) is 10.2. The first-order chi connectivity index (χ1) is 52.0. The number of aliphatic hydroxyl groups is 1. The zero-order valence-electron chi connectivity index (χ0n) is 63.4. The standard InChI is InChI=1S/C26H32N3O10P.C20H22N3O7P.C18H30N3O8P.C7H14O2/c1-14-11-28(26(33)27-23(14)30)22-10-20(39-29-24(31)18-7-5-6-8-19(18)25(29)32)21(38-22)13-36-40(4,34)35-12-17-9-15(2)37-16(17)3;1-11-9-22(20(27)21-17(11)24)16-8-14(15(29-16)10-28-31(2)3)30-23-18(25)12-6-4-5-7-13(12)19(23)26;1-10-7-21(18(23)20-17(10)22)16-6-14(29-19)15(28-16)9-26-30(4,24)25-8-13-5-11(2)27-12(13)3;1-5-3-7(4-8)6(2)9-5/h5-8,11,15-17,20-22H,9-10,12-13H2,1-4H3,(H,27,30,33);4-7,9,14-16H,8,10H2,1-3H3,(H,21,24,27);7,11-16H,5-6,8-9,19H2,1-4H3,(H,20,22,23);5-8H,3-4H2,1-2H3/t15?,16?,17-,20+,21+,22+,40?;14-,15-,16-;11?,12?,13-,14+,15+,16+,30?;5?,6?,7-/m0100/s1. The number of imide groups is 2. The molecule has 0 radical (unpaired) electrons. The van der Waals surface area contributed by atoms with Gasteiger partial charge in [0.1, 0.15) is 55.3 Å². The van der Waals surface area contributed by atoms with E-state index in [0.717, 1.165) is 24.3 Å². The van der Waals surface area contributed by atoms with E-state index in [0.29, 0.717) is 28.2 Å². The van der Waals surface area contributed by atoms with Crippen LogP contribution in [0.25, 0.3) is 0 Å². The fourth-order valence-corrected chi connectivity index (χ4v) is 16.2. The predicted molar refractivity (Wildman–Crippen MR) is 393 cm³/mol. The van der Waals surface area contributed by atoms with Gasteiger partial charge in [-0.25, -0.2) is 20.3 Å². The number of hydrogen-bond donors (Lipinski definition) is 5. The summed E-state index contributed by atoms with van der Waals surface area (Å²) in [6.07, 6.45) is 1.25. The second-order valence-electron chi connectivity index (χ2n) is 28.9. The molecule has 36 nitrogen and oxygen atoms in total. The minimum Gasteiger partial charge on any atom is -0.396 e. The van der Waals surface area contributed by atoms with Crippen LogP contribution in [0.1, 0.15) is 157 Å². The average Bonchev–Trinajstić information content (AvgIpc) is 1.63. The topological polar surface area (TPSA) is 449 Å². The molecule has 3 aromatic heterocycles. The fourth-order valence-electron chi connectivity index (χ4n) is 13.9. The number of hydrogen-bond acceptors (Lipinski definition) is 28. The molecule has 8 unspecified atom stereocenters. The maximum absolute atomic E-state index is 13.1. The molecular formula is C71H98N9O27P3. The van der Waals surface area contributed by atoms with Crippen LogP contribution in [0.3, 0.4) is 0 Å². The lowest BCUT2D eigenvalue weighted by atomic mass is 10.0. The number of aliphatic hydroxyl groups excluding tert-OH is 1. The molecule has 110 heavy (non-hydrogen) atoms. The third-order valence-corrected chi connectivity index (χ3v) is 23.2. The second-order valence-corrected chi connectivity index (χ2v) is 34.9. The Bertz CT molecular complexity index is 4530. The number of aromatic nitrogens is 6. The van der Waals surface area contributed by atoms with Gasteiger partial charge in [0.25, 0.3) is 40.3 Å². The molecule has 4 amide bonds. The van der Waals surface area contributed by atoms with Crippen molar-refractivity contribution >= 4 is 47.0 Å². The number of aryl methyl sites for hydroxylation is 3. The number of benzene rings is 2. The molecule has 6 fully saturated rings. The van der Waals surface area contributed by atoms with Crippen LogP contribution in [0, 0.1) is 38.5 Å². The Labute approximate surface area is 633 Å². The van der Waals surface area contributed by atoms with Gasteiger partial charge in [0.05, 0.1) is 91.9 Å². The lowest BCUT2D eigenvalue weighted by Crippen LogP contribution is -2.39. The third-order valence-electron chi connectivity index (χ3n) is 20.0. The van der Waals surface area contributed by atoms with Crippen molar-refractivity contribution in [1.29, 1.82) is 0 Å². The SMILES string of the molecule is CC1C[C@@H](CO)C(C)O1.Cc1cn([C@H]2C[C@@H](ON)[C@@H](COP(C)(=O)OC[C@@H]3CC(C)OC3C)O2)c(=O)[nH]c1=O.Cc1cn([C@H]2C[C@@H](ON3C(=O)c4ccccc4C3=O)[C@@H](COP(C)(=O)OC[C@@H]3CC(C)OC3C)O2)c(=O)[nH]c1=O.Cc1cn([C@H]2C[C@@H](ON3C(=O)c4ccccc4C3=O)[C@@H](COP(C)C)O2)c(=O)[nH]c1=O. The largest absolute Gasteiger partial charge is 0.396 e. The number of carbonyl (C=O) groups is 4. The van der Waals surface area contributed by atoms with E-state index in [9.17, 15) is 57.1 Å². The Morgan fingerprint density at radius 3 is 1.05 bits per heavy atom. The number of rotatable bonds is 24. The van der Waals surface area contributed by atoms with Gasteiger partial charge in [-0.1, -0.05) is 24.3 Å². The van der Waals surface area contributed by atoms with Gasteiger partial charge in [0.15, 0.2) is 0 Å². The molecule has 8 aliphatic rings. The molecule has 604 valence electrons. The fraction of sp³-hybridized carbons (Fsp3) is 0.606. The van der Waals surface area contributed by atoms with Gasteiger partial charge < -0.3 is 56.1 Å². The van der Waals surface area contributed by atoms with Crippen LogP contribution in [0.4, 0.5) is 0 Å². The van der Waals surface area contributed by atoms with Crippen molar-refractivity contribution in [3.05, 3.63) is 169 Å². The Kier molecular flexibility index (Phi) is 28.6. The summed E-state index contributed by atoms with van der Waals surface area (Å²) in [4.78, 5) is 147. The number of nitrogens with zero attached hydrogens (tertiary/aromatic N) is 5. The van der Waals surface area contributed by atoms with Crippen LogP contribution in [0.5, 0.6) is 0 Å². The molecule has 11 heterocycles. The maximum Gasteiger partial charge on any atom is 0.330 e. The highest BCUT2D eigenvalue weighted by molar-refractivity contribution is 7.53. The minimum atomic E-state index is -3.55. The smallest absolute Gasteiger partial charge is 0.330 e. The van der Waals surface area contributed by atoms with Gasteiger partial charge in [-0.2, -0.15) is 0 Å². The highest BCUT2D eigenvalue weighted by Crippen LogP contribution is 2.48. The molecule has 5 aromatic rings. The van der Waals surface area contributed by atoms with Crippen molar-refractivity contribution in [2.75, 3.05) is 66.3 Å². The lowest BCUT2D eigenvalue weighted by molar-refractivity contribution is -0.154. The molecule has 39 heteroatoms. The first kappa shape index (κ1) is 85.4. The molecule has 0 aliphatic carbocycles. The van der Waals surface area contributed by atoms with E-state index in [-0.39, 0.29) is 129 Å². The van der Waals surface area contributed by atoms with Crippen LogP contribution in [-0.2, 0) is 74.7 Å². The van der Waals surface area contributed by atoms with Gasteiger partial charge in [-0.05, 0) is 119 Å². The molecule has 2 aromatic carbocycles. The molecule has 6 saturated heterocycles. The van der Waals surface area contributed by atoms with Crippen LogP contribution in [-0.4, -0.2) is 207 Å². The summed E-state index contributed by atoms with van der Waals surface area (Å²) >= 11 is 0. The molecule has 0 spiro atoms. The van der Waals surface area contributed by atoms with Crippen molar-refractivity contribution in [3.63, 3.8) is 0 Å². The van der Waals surface area contributed by atoms with Crippen LogP contribution in [0.2, 0.25) is 0 Å². The number of hydroxylamine groups is 4. The molecular weight excluding hydrogens is 1500 g/mol. The van der Waals surface area contributed by atoms with Gasteiger partial charge >= 0.3 is 32.3 Å². The molecule has 13 rings (SSSR count). The Morgan fingerprint density at radius 1 is 0.455 bits per heavy atom. The quantitative estimate of drug-likeness (QED) is 0.0283. The number of amides is 4. The average molecular weight is 1600 g/mol. The first-order valence-corrected chi connectivity index (χ1v) is 42.3. The second kappa shape index (κ2) is 36.9. The van der Waals surface area contributed by atoms with Gasteiger partial charge in [0, 0.05) is 100 Å². The van der Waals surface area contributed by atoms with Gasteiger partial charge in [-0.3, -0.25) is 85.9 Å². The van der Waals surface area contributed by atoms with E-state index in [2.05, 4.69) is 15.0 Å². The summed E-state index contributed by atoms with van der Waals surface area (Å²) < 4.78 is 92.3. The van der Waals surface area contributed by atoms with Crippen molar-refractivity contribution in [1.82, 2.24) is 38.8 Å². The Morgan fingerprint density at radius 2 is 0.755 bits per heavy atom. The third kappa shape index (κ3) is 20.9. The van der Waals surface area contributed by atoms with Crippen molar-refractivity contribution < 1.29 is 99.0 Å². The van der Waals surface area contributed by atoms with E-state index in [1.54, 1.807) is 57.2 Å². The molecule has 20 atom stereocenters. The zero-order valence-corrected chi connectivity index (χ0v) is 66.1. The van der Waals surface area contributed by atoms with Crippen LogP contribution >= 0.6 is 23.3 Å². The van der Waals surface area contributed by atoms with Crippen molar-refractivity contribution in [2.45, 2.75) is 193 Å². The predicted octanol–water partition coefficient (Wildman–Crippen LogP) is 5.65.